The van der Waals surface area contributed by atoms with E-state index in [1.165, 1.54) is 6.92 Å². The van der Waals surface area contributed by atoms with Gasteiger partial charge in [0.1, 0.15) is 0 Å². The molecule has 2 atom stereocenters. The smallest absolute Gasteiger partial charge is 0.216 e. The summed E-state index contributed by atoms with van der Waals surface area (Å²) in [6.45, 7) is 3.97. The molecule has 0 bridgehead atoms. The van der Waals surface area contributed by atoms with E-state index >= 15 is 0 Å². The third-order valence-corrected chi connectivity index (χ3v) is 2.62. The second-order valence-electron chi connectivity index (χ2n) is 4.02. The van der Waals surface area contributed by atoms with Crippen molar-refractivity contribution in [2.75, 3.05) is 19.6 Å². The topological polar surface area (TPSA) is 61.4 Å². The lowest BCUT2D eigenvalue weighted by Crippen LogP contribution is -2.32. The van der Waals surface area contributed by atoms with E-state index < -0.39 is 0 Å². The van der Waals surface area contributed by atoms with Gasteiger partial charge < -0.3 is 15.7 Å². The maximum absolute atomic E-state index is 10.5. The van der Waals surface area contributed by atoms with Crippen molar-refractivity contribution in [2.45, 2.75) is 32.3 Å². The number of hydrogen-bond acceptors (Lipinski definition) is 3. The summed E-state index contributed by atoms with van der Waals surface area (Å²) in [5.41, 5.74) is 0. The second-order valence-corrected chi connectivity index (χ2v) is 4.02. The normalized spacial score (nSPS) is 26.4. The first-order valence-corrected chi connectivity index (χ1v) is 5.31. The summed E-state index contributed by atoms with van der Waals surface area (Å²) in [6.07, 6.45) is 2.90. The van der Waals surface area contributed by atoms with Crippen LogP contribution in [0.25, 0.3) is 0 Å². The van der Waals surface area contributed by atoms with Gasteiger partial charge in [-0.1, -0.05) is 0 Å². The standard InChI is InChI=1S/C10H20N2O2/c1-8(13)12-5-4-11-7-9-2-3-10(14)6-9/h9-11,14H,2-7H2,1H3,(H,12,13). The molecule has 1 saturated carbocycles. The monoisotopic (exact) mass is 200 g/mol. The Morgan fingerprint density at radius 2 is 2.21 bits per heavy atom. The van der Waals surface area contributed by atoms with Crippen LogP contribution in [0.15, 0.2) is 0 Å². The minimum atomic E-state index is -0.0860. The fraction of sp³-hybridized carbons (Fsp3) is 0.900. The van der Waals surface area contributed by atoms with Gasteiger partial charge >= 0.3 is 0 Å². The molecule has 0 radical (unpaired) electrons. The summed E-state index contributed by atoms with van der Waals surface area (Å²) in [5, 5.41) is 15.3. The molecule has 1 amide bonds. The highest BCUT2D eigenvalue weighted by molar-refractivity contribution is 5.72. The van der Waals surface area contributed by atoms with E-state index in [0.29, 0.717) is 12.5 Å². The number of carbonyl (C=O) groups is 1. The number of amides is 1. The van der Waals surface area contributed by atoms with Crippen LogP contribution in [0.3, 0.4) is 0 Å². The van der Waals surface area contributed by atoms with E-state index in [4.69, 9.17) is 0 Å². The first-order valence-electron chi connectivity index (χ1n) is 5.31. The van der Waals surface area contributed by atoms with Crippen LogP contribution in [-0.2, 0) is 4.79 Å². The Morgan fingerprint density at radius 3 is 2.79 bits per heavy atom. The van der Waals surface area contributed by atoms with Crippen LogP contribution in [0, 0.1) is 5.92 Å². The predicted molar refractivity (Wildman–Crippen MR) is 54.9 cm³/mol. The van der Waals surface area contributed by atoms with E-state index in [-0.39, 0.29) is 12.0 Å². The van der Waals surface area contributed by atoms with Gasteiger partial charge in [0.25, 0.3) is 0 Å². The molecule has 82 valence electrons. The molecule has 4 heteroatoms. The third-order valence-electron chi connectivity index (χ3n) is 2.62. The van der Waals surface area contributed by atoms with Gasteiger partial charge in [0.15, 0.2) is 0 Å². The molecule has 14 heavy (non-hydrogen) atoms. The van der Waals surface area contributed by atoms with Gasteiger partial charge in [-0.15, -0.1) is 0 Å². The van der Waals surface area contributed by atoms with Gasteiger partial charge in [0.2, 0.25) is 5.91 Å². The van der Waals surface area contributed by atoms with E-state index in [1.54, 1.807) is 0 Å². The van der Waals surface area contributed by atoms with Crippen LogP contribution >= 0.6 is 0 Å². The van der Waals surface area contributed by atoms with Crippen molar-refractivity contribution in [1.29, 1.82) is 0 Å². The van der Waals surface area contributed by atoms with Crippen molar-refractivity contribution in [2.24, 2.45) is 5.92 Å². The van der Waals surface area contributed by atoms with E-state index in [1.807, 2.05) is 0 Å². The minimum absolute atomic E-state index is 0.0167. The molecule has 1 fully saturated rings. The summed E-state index contributed by atoms with van der Waals surface area (Å²) in [5.74, 6) is 0.630. The molecular formula is C10H20N2O2. The largest absolute Gasteiger partial charge is 0.393 e. The van der Waals surface area contributed by atoms with Crippen LogP contribution < -0.4 is 10.6 Å². The van der Waals surface area contributed by atoms with Crippen LogP contribution in [0.5, 0.6) is 0 Å². The molecule has 4 nitrogen and oxygen atoms in total. The highest BCUT2D eigenvalue weighted by atomic mass is 16.3. The van der Waals surface area contributed by atoms with Gasteiger partial charge in [-0.05, 0) is 31.7 Å². The summed E-state index contributed by atoms with van der Waals surface area (Å²) in [7, 11) is 0. The first kappa shape index (κ1) is 11.5. The molecule has 1 aliphatic rings. The molecule has 0 spiro atoms. The zero-order valence-electron chi connectivity index (χ0n) is 8.75. The first-order chi connectivity index (χ1) is 6.68. The number of nitrogens with one attached hydrogen (secondary N) is 2. The third kappa shape index (κ3) is 4.58. The van der Waals surface area contributed by atoms with Gasteiger partial charge in [0.05, 0.1) is 6.10 Å². The Balaban J connectivity index is 1.91. The van der Waals surface area contributed by atoms with Gasteiger partial charge in [-0.2, -0.15) is 0 Å². The van der Waals surface area contributed by atoms with Crippen LogP contribution in [0.4, 0.5) is 0 Å². The molecule has 1 rings (SSSR count). The highest BCUT2D eigenvalue weighted by Crippen LogP contribution is 2.24. The number of rotatable bonds is 5. The summed E-state index contributed by atoms with van der Waals surface area (Å²) in [6, 6.07) is 0. The maximum Gasteiger partial charge on any atom is 0.216 e. The summed E-state index contributed by atoms with van der Waals surface area (Å²) in [4.78, 5) is 10.5. The van der Waals surface area contributed by atoms with E-state index in [2.05, 4.69) is 10.6 Å². The summed E-state index contributed by atoms with van der Waals surface area (Å²) >= 11 is 0. The fourth-order valence-corrected chi connectivity index (χ4v) is 1.87. The zero-order chi connectivity index (χ0) is 10.4. The molecule has 3 N–H and O–H groups in total. The van der Waals surface area contributed by atoms with Crippen molar-refractivity contribution in [1.82, 2.24) is 10.6 Å². The molecule has 1 aliphatic carbocycles. The molecule has 0 aromatic carbocycles. The molecule has 0 heterocycles. The van der Waals surface area contributed by atoms with Crippen molar-refractivity contribution < 1.29 is 9.90 Å². The Bertz CT molecular complexity index is 185. The van der Waals surface area contributed by atoms with Gasteiger partial charge in [-0.25, -0.2) is 0 Å². The fourth-order valence-electron chi connectivity index (χ4n) is 1.87. The van der Waals surface area contributed by atoms with Gasteiger partial charge in [-0.3, -0.25) is 4.79 Å². The minimum Gasteiger partial charge on any atom is -0.393 e. The lowest BCUT2D eigenvalue weighted by molar-refractivity contribution is -0.118. The van der Waals surface area contributed by atoms with Crippen LogP contribution in [-0.4, -0.2) is 36.8 Å². The van der Waals surface area contributed by atoms with Crippen LogP contribution in [0.2, 0.25) is 0 Å². The maximum atomic E-state index is 10.5. The number of carbonyl (C=O) groups excluding carboxylic acids is 1. The Labute approximate surface area is 85.1 Å². The average molecular weight is 200 g/mol. The van der Waals surface area contributed by atoms with Crippen molar-refractivity contribution in [3.8, 4) is 0 Å². The molecule has 0 aromatic rings. The number of hydrogen-bond donors (Lipinski definition) is 3. The summed E-state index contributed by atoms with van der Waals surface area (Å²) < 4.78 is 0. The van der Waals surface area contributed by atoms with Crippen molar-refractivity contribution in [3.63, 3.8) is 0 Å². The zero-order valence-corrected chi connectivity index (χ0v) is 8.75. The van der Waals surface area contributed by atoms with E-state index in [9.17, 15) is 9.90 Å². The molecule has 0 aromatic heterocycles. The molecule has 2 unspecified atom stereocenters. The molecule has 0 aliphatic heterocycles. The molecular weight excluding hydrogens is 180 g/mol. The predicted octanol–water partition coefficient (Wildman–Crippen LogP) is -0.127. The quantitative estimate of drug-likeness (QED) is 0.542. The average Bonchev–Trinajstić information content (AvgIpc) is 2.50. The lowest BCUT2D eigenvalue weighted by Gasteiger charge is -2.10. The Hall–Kier alpha value is -0.610. The Kier molecular flexibility index (Phi) is 4.90. The SMILES string of the molecule is CC(=O)NCCNCC1CCC(O)C1. The molecule has 0 saturated heterocycles. The number of aliphatic hydroxyl groups is 1. The van der Waals surface area contributed by atoms with Crippen LogP contribution in [0.1, 0.15) is 26.2 Å². The number of aliphatic hydroxyl groups excluding tert-OH is 1. The van der Waals surface area contributed by atoms with Gasteiger partial charge in [0, 0.05) is 20.0 Å². The van der Waals surface area contributed by atoms with E-state index in [0.717, 1.165) is 32.4 Å². The Morgan fingerprint density at radius 1 is 1.43 bits per heavy atom. The van der Waals surface area contributed by atoms with Crippen molar-refractivity contribution >= 4 is 5.91 Å². The lowest BCUT2D eigenvalue weighted by atomic mass is 10.1. The van der Waals surface area contributed by atoms with Crippen molar-refractivity contribution in [3.05, 3.63) is 0 Å². The highest BCUT2D eigenvalue weighted by Gasteiger charge is 2.21. The second kappa shape index (κ2) is 5.98.